The van der Waals surface area contributed by atoms with Crippen LogP contribution in [0.2, 0.25) is 0 Å². The number of benzene rings is 1. The highest BCUT2D eigenvalue weighted by molar-refractivity contribution is 5.59. The van der Waals surface area contributed by atoms with E-state index in [0.29, 0.717) is 12.2 Å². The van der Waals surface area contributed by atoms with Crippen molar-refractivity contribution >= 4 is 5.82 Å². The molecule has 0 aliphatic carbocycles. The smallest absolute Gasteiger partial charge is 0.151 e. The number of hydrogen-bond acceptors (Lipinski definition) is 6. The van der Waals surface area contributed by atoms with Gasteiger partial charge < -0.3 is 14.7 Å². The first kappa shape index (κ1) is 16.4. The summed E-state index contributed by atoms with van der Waals surface area (Å²) in [6, 6.07) is 10.1. The average Bonchev–Trinajstić information content (AvgIpc) is 3.05. The van der Waals surface area contributed by atoms with Gasteiger partial charge in [-0.05, 0) is 36.4 Å². The Morgan fingerprint density at radius 3 is 2.44 bits per heavy atom. The van der Waals surface area contributed by atoms with E-state index >= 15 is 0 Å². The number of β-amino-alcohol motifs (C(OH)–C–C–N with tert-alkyl or cyclic N) is 1. The van der Waals surface area contributed by atoms with Gasteiger partial charge >= 0.3 is 0 Å². The summed E-state index contributed by atoms with van der Waals surface area (Å²) < 4.78 is 18.4. The van der Waals surface area contributed by atoms with Crippen molar-refractivity contribution in [2.45, 2.75) is 12.1 Å². The molecular formula is C18H21FN4O2. The minimum atomic E-state index is -0.406. The first-order valence-corrected chi connectivity index (χ1v) is 8.55. The molecule has 2 saturated heterocycles. The molecule has 1 aromatic heterocycles. The van der Waals surface area contributed by atoms with Crippen molar-refractivity contribution in [2.75, 3.05) is 44.3 Å². The van der Waals surface area contributed by atoms with Crippen molar-refractivity contribution in [3.8, 4) is 11.3 Å². The Hall–Kier alpha value is -2.09. The number of aliphatic hydroxyl groups excluding tert-OH is 1. The van der Waals surface area contributed by atoms with E-state index in [1.54, 1.807) is 12.1 Å². The monoisotopic (exact) mass is 344 g/mol. The molecule has 2 atom stereocenters. The molecule has 3 heterocycles. The molecule has 1 N–H and O–H groups in total. The van der Waals surface area contributed by atoms with Gasteiger partial charge in [-0.2, -0.15) is 0 Å². The van der Waals surface area contributed by atoms with Gasteiger partial charge in [0.15, 0.2) is 5.82 Å². The Morgan fingerprint density at radius 1 is 1.00 bits per heavy atom. The van der Waals surface area contributed by atoms with Crippen LogP contribution in [0, 0.1) is 5.82 Å². The highest BCUT2D eigenvalue weighted by atomic mass is 19.1. The molecule has 0 bridgehead atoms. The van der Waals surface area contributed by atoms with Crippen molar-refractivity contribution in [3.63, 3.8) is 0 Å². The van der Waals surface area contributed by atoms with Crippen LogP contribution < -0.4 is 4.90 Å². The Kier molecular flexibility index (Phi) is 4.61. The maximum Gasteiger partial charge on any atom is 0.151 e. The van der Waals surface area contributed by atoms with Crippen molar-refractivity contribution in [3.05, 3.63) is 42.2 Å². The average molecular weight is 344 g/mol. The maximum absolute atomic E-state index is 13.0. The predicted molar refractivity (Wildman–Crippen MR) is 91.8 cm³/mol. The summed E-state index contributed by atoms with van der Waals surface area (Å²) in [4.78, 5) is 4.35. The fraction of sp³-hybridized carbons (Fsp3) is 0.444. The molecule has 0 amide bonds. The van der Waals surface area contributed by atoms with Gasteiger partial charge in [-0.3, -0.25) is 4.90 Å². The molecule has 7 heteroatoms. The lowest BCUT2D eigenvalue weighted by molar-refractivity contribution is -0.00588. The largest absolute Gasteiger partial charge is 0.390 e. The number of aliphatic hydroxyl groups is 1. The molecule has 0 spiro atoms. The summed E-state index contributed by atoms with van der Waals surface area (Å²) in [5.41, 5.74) is 1.53. The Labute approximate surface area is 145 Å². The van der Waals surface area contributed by atoms with Gasteiger partial charge in [0, 0.05) is 31.7 Å². The summed E-state index contributed by atoms with van der Waals surface area (Å²) in [5.74, 6) is 0.481. The highest BCUT2D eigenvalue weighted by Gasteiger charge is 2.36. The lowest BCUT2D eigenvalue weighted by Gasteiger charge is -2.33. The zero-order valence-corrected chi connectivity index (χ0v) is 13.9. The van der Waals surface area contributed by atoms with Crippen LogP contribution in [0.3, 0.4) is 0 Å². The number of anilines is 1. The molecule has 2 aliphatic heterocycles. The van der Waals surface area contributed by atoms with E-state index in [-0.39, 0.29) is 11.9 Å². The van der Waals surface area contributed by atoms with Crippen LogP contribution in [-0.2, 0) is 4.74 Å². The number of hydrogen-bond donors (Lipinski definition) is 1. The summed E-state index contributed by atoms with van der Waals surface area (Å²) in [6.45, 7) is 4.42. The van der Waals surface area contributed by atoms with E-state index in [1.165, 1.54) is 12.1 Å². The SMILES string of the molecule is O[C@H]1CN(c2ccc(-c3ccc(F)cc3)nn2)C[C@@H]1N1CCOCC1. The molecule has 2 fully saturated rings. The summed E-state index contributed by atoms with van der Waals surface area (Å²) in [7, 11) is 0. The number of nitrogens with zero attached hydrogens (tertiary/aromatic N) is 4. The second kappa shape index (κ2) is 7.03. The molecular weight excluding hydrogens is 323 g/mol. The van der Waals surface area contributed by atoms with Gasteiger partial charge in [0.05, 0.1) is 31.1 Å². The third kappa shape index (κ3) is 3.49. The van der Waals surface area contributed by atoms with Crippen LogP contribution in [0.1, 0.15) is 0 Å². The standard InChI is InChI=1S/C18H21FN4O2/c19-14-3-1-13(2-4-14)15-5-6-18(21-20-15)23-11-16(17(24)12-23)22-7-9-25-10-8-22/h1-6,16-17,24H,7-12H2/t16-,17-/m0/s1. The Morgan fingerprint density at radius 2 is 1.76 bits per heavy atom. The molecule has 0 radical (unpaired) electrons. The van der Waals surface area contributed by atoms with E-state index < -0.39 is 6.10 Å². The molecule has 25 heavy (non-hydrogen) atoms. The molecule has 4 rings (SSSR count). The van der Waals surface area contributed by atoms with Crippen molar-refractivity contribution in [2.24, 2.45) is 0 Å². The summed E-state index contributed by atoms with van der Waals surface area (Å²) in [5, 5.41) is 19.0. The van der Waals surface area contributed by atoms with E-state index in [9.17, 15) is 9.50 Å². The van der Waals surface area contributed by atoms with Gasteiger partial charge in [0.2, 0.25) is 0 Å². The number of aromatic nitrogens is 2. The van der Waals surface area contributed by atoms with Crippen LogP contribution in [0.4, 0.5) is 10.2 Å². The lowest BCUT2D eigenvalue weighted by atomic mass is 10.1. The van der Waals surface area contributed by atoms with Gasteiger partial charge in [0.1, 0.15) is 5.82 Å². The zero-order valence-electron chi connectivity index (χ0n) is 13.9. The van der Waals surface area contributed by atoms with Crippen LogP contribution in [0.15, 0.2) is 36.4 Å². The van der Waals surface area contributed by atoms with Crippen LogP contribution in [-0.4, -0.2) is 71.7 Å². The summed E-state index contributed by atoms with van der Waals surface area (Å²) >= 11 is 0. The highest BCUT2D eigenvalue weighted by Crippen LogP contribution is 2.24. The second-order valence-electron chi connectivity index (χ2n) is 6.47. The topological polar surface area (TPSA) is 61.7 Å². The second-order valence-corrected chi connectivity index (χ2v) is 6.47. The molecule has 2 aromatic rings. The van der Waals surface area contributed by atoms with Crippen molar-refractivity contribution in [1.82, 2.24) is 15.1 Å². The van der Waals surface area contributed by atoms with E-state index in [2.05, 4.69) is 20.0 Å². The molecule has 6 nitrogen and oxygen atoms in total. The van der Waals surface area contributed by atoms with Gasteiger partial charge in [-0.15, -0.1) is 10.2 Å². The van der Waals surface area contributed by atoms with Crippen LogP contribution >= 0.6 is 0 Å². The third-order valence-corrected chi connectivity index (χ3v) is 4.89. The van der Waals surface area contributed by atoms with E-state index in [0.717, 1.165) is 44.2 Å². The van der Waals surface area contributed by atoms with Crippen molar-refractivity contribution in [1.29, 1.82) is 0 Å². The number of rotatable bonds is 3. The quantitative estimate of drug-likeness (QED) is 0.902. The number of ether oxygens (including phenoxy) is 1. The molecule has 2 aliphatic rings. The van der Waals surface area contributed by atoms with Gasteiger partial charge in [0.25, 0.3) is 0 Å². The minimum absolute atomic E-state index is 0.0995. The van der Waals surface area contributed by atoms with E-state index in [4.69, 9.17) is 4.74 Å². The van der Waals surface area contributed by atoms with Gasteiger partial charge in [-0.25, -0.2) is 4.39 Å². The fourth-order valence-electron chi connectivity index (χ4n) is 3.49. The van der Waals surface area contributed by atoms with Crippen molar-refractivity contribution < 1.29 is 14.2 Å². The number of morpholine rings is 1. The van der Waals surface area contributed by atoms with Crippen LogP contribution in [0.5, 0.6) is 0 Å². The maximum atomic E-state index is 13.0. The molecule has 132 valence electrons. The van der Waals surface area contributed by atoms with Crippen LogP contribution in [0.25, 0.3) is 11.3 Å². The van der Waals surface area contributed by atoms with E-state index in [1.807, 2.05) is 12.1 Å². The normalized spacial score (nSPS) is 24.6. The lowest BCUT2D eigenvalue weighted by Crippen LogP contribution is -2.48. The number of halogens is 1. The molecule has 1 aromatic carbocycles. The molecule has 0 unspecified atom stereocenters. The Bertz CT molecular complexity index is 704. The summed E-state index contributed by atoms with van der Waals surface area (Å²) in [6.07, 6.45) is -0.406. The predicted octanol–water partition coefficient (Wildman–Crippen LogP) is 1.16. The molecule has 0 saturated carbocycles. The first-order chi connectivity index (χ1) is 12.2. The zero-order chi connectivity index (χ0) is 17.2. The third-order valence-electron chi connectivity index (χ3n) is 4.89. The Balaban J connectivity index is 1.46. The minimum Gasteiger partial charge on any atom is -0.390 e. The fourth-order valence-corrected chi connectivity index (χ4v) is 3.49. The first-order valence-electron chi connectivity index (χ1n) is 8.55. The van der Waals surface area contributed by atoms with Gasteiger partial charge in [-0.1, -0.05) is 0 Å².